The van der Waals surface area contributed by atoms with Crippen LogP contribution in [0.2, 0.25) is 5.02 Å². The zero-order valence-electron chi connectivity index (χ0n) is 13.4. The van der Waals surface area contributed by atoms with E-state index in [0.717, 1.165) is 22.2 Å². The number of hydrogen-bond acceptors (Lipinski definition) is 2. The Labute approximate surface area is 151 Å². The molecule has 0 aliphatic carbocycles. The summed E-state index contributed by atoms with van der Waals surface area (Å²) in [5, 5.41) is 3.65. The zero-order chi connectivity index (χ0) is 17.2. The molecule has 0 radical (unpaired) electrons. The molecule has 5 heteroatoms. The number of amides is 1. The number of anilines is 1. The first-order valence-corrected chi connectivity index (χ1v) is 8.45. The lowest BCUT2D eigenvalue weighted by Crippen LogP contribution is -2.41. The quantitative estimate of drug-likeness (QED) is 0.739. The van der Waals surface area contributed by atoms with Gasteiger partial charge < -0.3 is 9.97 Å². The van der Waals surface area contributed by atoms with Crippen LogP contribution < -0.4 is 16.2 Å². The Kier molecular flexibility index (Phi) is 4.30. The molecule has 0 aromatic heterocycles. The molecule has 0 fully saturated rings. The fraction of sp³-hybridized carbons (Fsp3) is 0.0500. The van der Waals surface area contributed by atoms with Gasteiger partial charge in [-0.15, -0.1) is 0 Å². The van der Waals surface area contributed by atoms with Crippen LogP contribution >= 0.6 is 11.6 Å². The van der Waals surface area contributed by atoms with Gasteiger partial charge in [-0.3, -0.25) is 4.79 Å². The van der Waals surface area contributed by atoms with E-state index in [9.17, 15) is 4.79 Å². The molecular weight excluding hydrogens is 332 g/mol. The Bertz CT molecular complexity index is 913. The number of benzene rings is 3. The summed E-state index contributed by atoms with van der Waals surface area (Å²) in [6.45, 7) is 0.427. The van der Waals surface area contributed by atoms with Crippen LogP contribution in [0.3, 0.4) is 0 Å². The SMILES string of the molecule is O=C(Nc1ccc2c(c1)B(c1ccc(Cl)cc1)OC2)c1ccccc1. The molecule has 3 aromatic rings. The van der Waals surface area contributed by atoms with Gasteiger partial charge in [0.1, 0.15) is 0 Å². The summed E-state index contributed by atoms with van der Waals surface area (Å²) in [4.78, 5) is 12.3. The molecule has 0 saturated carbocycles. The maximum Gasteiger partial charge on any atom is 0.362 e. The first-order valence-electron chi connectivity index (χ1n) is 8.07. The second kappa shape index (κ2) is 6.75. The Morgan fingerprint density at radius 3 is 2.52 bits per heavy atom. The van der Waals surface area contributed by atoms with Crippen LogP contribution in [-0.2, 0) is 11.3 Å². The van der Waals surface area contributed by atoms with Gasteiger partial charge in [0, 0.05) is 16.3 Å². The minimum Gasteiger partial charge on any atom is -0.423 e. The average Bonchev–Trinajstić information content (AvgIpc) is 3.06. The molecule has 1 amide bonds. The first-order chi connectivity index (χ1) is 12.2. The molecule has 1 N–H and O–H groups in total. The molecule has 0 atom stereocenters. The lowest BCUT2D eigenvalue weighted by atomic mass is 9.56. The summed E-state index contributed by atoms with van der Waals surface area (Å²) < 4.78 is 5.94. The van der Waals surface area contributed by atoms with Gasteiger partial charge in [0.2, 0.25) is 0 Å². The first kappa shape index (κ1) is 15.9. The van der Waals surface area contributed by atoms with Gasteiger partial charge in [-0.1, -0.05) is 48.0 Å². The Morgan fingerprint density at radius 2 is 1.76 bits per heavy atom. The molecule has 4 rings (SSSR count). The third-order valence-corrected chi connectivity index (χ3v) is 4.55. The minimum atomic E-state index is -0.138. The fourth-order valence-electron chi connectivity index (χ4n) is 3.02. The summed E-state index contributed by atoms with van der Waals surface area (Å²) >= 11 is 5.97. The second-order valence-corrected chi connectivity index (χ2v) is 6.41. The third kappa shape index (κ3) is 3.32. The zero-order valence-corrected chi connectivity index (χ0v) is 14.2. The molecular formula is C20H15BClNO2. The van der Waals surface area contributed by atoms with E-state index in [4.69, 9.17) is 16.3 Å². The Balaban J connectivity index is 1.60. The molecule has 0 bridgehead atoms. The topological polar surface area (TPSA) is 38.3 Å². The van der Waals surface area contributed by atoms with E-state index in [2.05, 4.69) is 5.32 Å². The number of fused-ring (bicyclic) bond motifs is 1. The fourth-order valence-corrected chi connectivity index (χ4v) is 3.14. The molecule has 122 valence electrons. The minimum absolute atomic E-state index is 0.123. The van der Waals surface area contributed by atoms with Crippen molar-refractivity contribution in [3.8, 4) is 0 Å². The van der Waals surface area contributed by atoms with Crippen molar-refractivity contribution >= 4 is 41.0 Å². The molecule has 1 aliphatic heterocycles. The summed E-state index contributed by atoms with van der Waals surface area (Å²) in [5.41, 5.74) is 4.66. The van der Waals surface area contributed by atoms with E-state index in [1.54, 1.807) is 12.1 Å². The lowest BCUT2D eigenvalue weighted by Gasteiger charge is -2.10. The summed E-state index contributed by atoms with van der Waals surface area (Å²) in [7, 11) is 0. The predicted molar refractivity (Wildman–Crippen MR) is 102 cm³/mol. The average molecular weight is 348 g/mol. The molecule has 0 unspecified atom stereocenters. The van der Waals surface area contributed by atoms with E-state index < -0.39 is 0 Å². The third-order valence-electron chi connectivity index (χ3n) is 4.30. The number of hydrogen-bond donors (Lipinski definition) is 1. The second-order valence-electron chi connectivity index (χ2n) is 5.98. The van der Waals surface area contributed by atoms with E-state index in [1.807, 2.05) is 60.7 Å². The van der Waals surface area contributed by atoms with Gasteiger partial charge in [0.15, 0.2) is 0 Å². The highest BCUT2D eigenvalue weighted by Crippen LogP contribution is 2.17. The molecule has 25 heavy (non-hydrogen) atoms. The smallest absolute Gasteiger partial charge is 0.362 e. The predicted octanol–water partition coefficient (Wildman–Crippen LogP) is 3.23. The van der Waals surface area contributed by atoms with Crippen molar-refractivity contribution in [1.29, 1.82) is 0 Å². The van der Waals surface area contributed by atoms with E-state index in [1.165, 1.54) is 0 Å². The maximum absolute atomic E-state index is 12.3. The van der Waals surface area contributed by atoms with Crippen molar-refractivity contribution in [3.05, 3.63) is 88.9 Å². The van der Waals surface area contributed by atoms with Crippen LogP contribution in [0.15, 0.2) is 72.8 Å². The normalized spacial score (nSPS) is 12.8. The van der Waals surface area contributed by atoms with Crippen molar-refractivity contribution in [1.82, 2.24) is 0 Å². The monoisotopic (exact) mass is 347 g/mol. The van der Waals surface area contributed by atoms with Crippen LogP contribution in [-0.4, -0.2) is 12.8 Å². The molecule has 1 aliphatic rings. The summed E-state index contributed by atoms with van der Waals surface area (Å²) in [5.74, 6) is -0.123. The van der Waals surface area contributed by atoms with Crippen molar-refractivity contribution < 1.29 is 9.45 Å². The number of rotatable bonds is 3. The number of carbonyl (C=O) groups excluding carboxylic acids is 1. The van der Waals surface area contributed by atoms with Crippen molar-refractivity contribution in [2.45, 2.75) is 6.61 Å². The molecule has 3 aromatic carbocycles. The molecule has 0 spiro atoms. The van der Waals surface area contributed by atoms with E-state index >= 15 is 0 Å². The van der Waals surface area contributed by atoms with Crippen LogP contribution in [0, 0.1) is 0 Å². The van der Waals surface area contributed by atoms with Gasteiger partial charge in [-0.2, -0.15) is 0 Å². The van der Waals surface area contributed by atoms with E-state index in [-0.39, 0.29) is 12.8 Å². The maximum atomic E-state index is 12.3. The highest BCUT2D eigenvalue weighted by Gasteiger charge is 2.30. The highest BCUT2D eigenvalue weighted by atomic mass is 35.5. The number of carbonyl (C=O) groups is 1. The van der Waals surface area contributed by atoms with Gasteiger partial charge >= 0.3 is 6.92 Å². The summed E-state index contributed by atoms with van der Waals surface area (Å²) in [6.07, 6.45) is 0. The molecule has 3 nitrogen and oxygen atoms in total. The standard InChI is InChI=1S/C20H15BClNO2/c22-17-9-7-16(8-10-17)21-19-12-18(11-6-15(19)13-25-21)23-20(24)14-4-2-1-3-5-14/h1-12H,13H2,(H,23,24). The number of nitrogens with one attached hydrogen (secondary N) is 1. The molecule has 0 saturated heterocycles. The van der Waals surface area contributed by atoms with Gasteiger partial charge in [0.25, 0.3) is 5.91 Å². The Morgan fingerprint density at radius 1 is 1.00 bits per heavy atom. The van der Waals surface area contributed by atoms with Crippen molar-refractivity contribution in [2.75, 3.05) is 5.32 Å². The van der Waals surface area contributed by atoms with Crippen LogP contribution in [0.4, 0.5) is 5.69 Å². The van der Waals surface area contributed by atoms with Crippen molar-refractivity contribution in [3.63, 3.8) is 0 Å². The van der Waals surface area contributed by atoms with Gasteiger partial charge in [-0.25, -0.2) is 0 Å². The van der Waals surface area contributed by atoms with E-state index in [0.29, 0.717) is 17.2 Å². The largest absolute Gasteiger partial charge is 0.423 e. The Hall–Kier alpha value is -2.56. The summed E-state index contributed by atoms with van der Waals surface area (Å²) in [6, 6.07) is 22.7. The van der Waals surface area contributed by atoms with Crippen LogP contribution in [0.25, 0.3) is 0 Å². The van der Waals surface area contributed by atoms with Gasteiger partial charge in [0.05, 0.1) is 6.61 Å². The number of halogens is 1. The van der Waals surface area contributed by atoms with Crippen molar-refractivity contribution in [2.24, 2.45) is 0 Å². The van der Waals surface area contributed by atoms with Crippen LogP contribution in [0.5, 0.6) is 0 Å². The lowest BCUT2D eigenvalue weighted by molar-refractivity contribution is 0.102. The highest BCUT2D eigenvalue weighted by molar-refractivity contribution is 6.81. The van der Waals surface area contributed by atoms with Gasteiger partial charge in [-0.05, 0) is 52.9 Å². The molecule has 1 heterocycles. The van der Waals surface area contributed by atoms with Crippen LogP contribution in [0.1, 0.15) is 15.9 Å².